The molecule has 3 fully saturated rings. The minimum absolute atomic E-state index is 0. The second-order valence-corrected chi connectivity index (χ2v) is 45.1. The van der Waals surface area contributed by atoms with Crippen molar-refractivity contribution in [3.63, 3.8) is 0 Å². The smallest absolute Gasteiger partial charge is 0.297 e. The van der Waals surface area contributed by atoms with E-state index in [1.54, 1.807) is 107 Å². The molecule has 0 saturated carbocycles. The van der Waals surface area contributed by atoms with E-state index in [4.69, 9.17) is 81.8 Å². The lowest BCUT2D eigenvalue weighted by Crippen LogP contribution is -2.52. The van der Waals surface area contributed by atoms with Crippen molar-refractivity contribution >= 4 is 121 Å². The molecule has 12 rings (SSSR count). The summed E-state index contributed by atoms with van der Waals surface area (Å²) in [5.41, 5.74) is 5.40. The molecule has 0 bridgehead atoms. The number of thiophene rings is 1. The summed E-state index contributed by atoms with van der Waals surface area (Å²) in [6.45, 7) is 24.2. The van der Waals surface area contributed by atoms with Gasteiger partial charge in [0.05, 0.1) is 78.9 Å². The van der Waals surface area contributed by atoms with Crippen LogP contribution in [0, 0.1) is 47.5 Å². The Morgan fingerprint density at radius 1 is 0.455 bits per heavy atom. The van der Waals surface area contributed by atoms with Gasteiger partial charge in [0.25, 0.3) is 66.6 Å². The van der Waals surface area contributed by atoms with Gasteiger partial charge in [0.1, 0.15) is 67.3 Å². The summed E-state index contributed by atoms with van der Waals surface area (Å²) in [6.07, 6.45) is -5.45. The fraction of sp³-hybridized carbons (Fsp3) is 0.440. The van der Waals surface area contributed by atoms with Crippen molar-refractivity contribution in [2.24, 2.45) is 5.92 Å². The molecular formula is C91H121Cl2N3O30S8. The van der Waals surface area contributed by atoms with Crippen molar-refractivity contribution in [3.05, 3.63) is 242 Å². The molecule has 1 amide bonds. The SMILES string of the molecule is C.CC(C)C[C@H](NC(=O)c1cc2ccccc2s1)C(C)NC[C@H]1OCO[C@@H]1CNS(=O)(=O)c1ccc(Cl)cc1Cl.CCC.CCO.Cc1ccc(S(=O)(=O)OC[C@@H](O)[C@H](O)COS(=O)(=O)c2ccc(C)cc2)cc1.Cc1ccc(S(=O)(=O)OC[C@H]2OC(C)(C)O[C@@H]2COS(=O)(=O)c2ccc(C)cc2)cc1.Cc1ccc(S(=O)(=O)OC[C@H]2OCO[C@@H]2COS(=O)(=O)c2ccc(C)cc2)cc1. The van der Waals surface area contributed by atoms with Gasteiger partial charge in [0.15, 0.2) is 5.79 Å². The minimum Gasteiger partial charge on any atom is -0.397 e. The Hall–Kier alpha value is -7.26. The number of aliphatic hydroxyl groups is 3. The van der Waals surface area contributed by atoms with Gasteiger partial charge in [-0.1, -0.05) is 189 Å². The highest BCUT2D eigenvalue weighted by Gasteiger charge is 2.44. The molecule has 9 aromatic rings. The van der Waals surface area contributed by atoms with E-state index in [0.29, 0.717) is 22.4 Å². The number of halogens is 2. The number of rotatable bonds is 37. The van der Waals surface area contributed by atoms with E-state index in [0.717, 1.165) is 49.9 Å². The monoisotopic (exact) mass is 2060 g/mol. The maximum absolute atomic E-state index is 13.1. The van der Waals surface area contributed by atoms with E-state index in [1.807, 2.05) is 65.0 Å². The van der Waals surface area contributed by atoms with Crippen LogP contribution in [0.3, 0.4) is 0 Å². The largest absolute Gasteiger partial charge is 0.397 e. The molecule has 1 unspecified atom stereocenters. The predicted octanol–water partition coefficient (Wildman–Crippen LogP) is 13.3. The van der Waals surface area contributed by atoms with Gasteiger partial charge in [0, 0.05) is 41.5 Å². The molecule has 0 aliphatic carbocycles. The number of hydrogen-bond acceptors (Lipinski definition) is 32. The van der Waals surface area contributed by atoms with Crippen LogP contribution in [-0.2, 0) is 124 Å². The van der Waals surface area contributed by atoms with Gasteiger partial charge in [-0.3, -0.25) is 29.9 Å². The number of aryl methyl sites for hydroxylation is 6. The van der Waals surface area contributed by atoms with Crippen LogP contribution in [0.5, 0.6) is 0 Å². The van der Waals surface area contributed by atoms with Crippen LogP contribution in [0.1, 0.15) is 119 Å². The van der Waals surface area contributed by atoms with Crippen molar-refractivity contribution in [3.8, 4) is 0 Å². The van der Waals surface area contributed by atoms with Crippen molar-refractivity contribution in [1.82, 2.24) is 15.4 Å². The van der Waals surface area contributed by atoms with Crippen molar-refractivity contribution in [1.29, 1.82) is 0 Å². The first-order valence-corrected chi connectivity index (χ1v) is 53.5. The number of benzene rings is 8. The quantitative estimate of drug-likeness (QED) is 0.0197. The molecule has 134 heavy (non-hydrogen) atoms. The van der Waals surface area contributed by atoms with Gasteiger partial charge in [-0.15, -0.1) is 11.3 Å². The Balaban J connectivity index is 0.000000270. The number of nitrogens with one attached hydrogen (secondary N) is 3. The average Bonchev–Trinajstić information content (AvgIpc) is 1.84. The summed E-state index contributed by atoms with van der Waals surface area (Å²) in [7, 11) is -28.1. The lowest BCUT2D eigenvalue weighted by Gasteiger charge is -2.29. The lowest BCUT2D eigenvalue weighted by molar-refractivity contribution is -0.150. The molecule has 3 aliphatic rings. The zero-order valence-electron chi connectivity index (χ0n) is 75.9. The number of carbonyl (C=O) groups is 1. The van der Waals surface area contributed by atoms with Crippen LogP contribution in [0.2, 0.25) is 10.0 Å². The zero-order valence-corrected chi connectivity index (χ0v) is 83.9. The molecular weight excluding hydrogens is 1940 g/mol. The first-order chi connectivity index (χ1) is 62.4. The van der Waals surface area contributed by atoms with Gasteiger partial charge in [-0.25, -0.2) is 13.1 Å². The number of sulfonamides is 1. The van der Waals surface area contributed by atoms with Crippen molar-refractivity contribution in [2.45, 2.75) is 218 Å². The van der Waals surface area contributed by atoms with E-state index in [-0.39, 0.29) is 124 Å². The standard InChI is InChI=1S/C27H33Cl2N3O5S2.C21H26O8S2.C19H22O8S2.C18H22O8S2.C3H8.C2H6O.CH4/c1-16(2)10-21(32-27(33)25-11-18-6-4-5-7-24(18)38-25)17(3)30-13-22-23(37-15-36-22)14-31-39(34,35)26-9-8-19(28)12-20(26)29;1-15-5-9-17(10-6-15)30(22,23)26-13-19-20(29-21(3,4)28-19)14-27-31(24,25)18-11-7-16(2)8-12-18;1-14-3-7-16(8-4-14)28(20,21)26-11-18-19(25-13-24-18)12-27-29(22,23)17-9-5-15(2)6-10-17;1-13-3-7-15(8-4-13)27(21,22)25-11-17(19)18(20)12-26-28(23,24)16-9-5-14(2)6-10-16;1-3-2;1-2-3;/h4-9,11-12,16-17,21-23,30-31H,10,13-15H2,1-3H3,(H,32,33);5-12,19-20H,13-14H2,1-4H3;3-10,18-19H,11-13H2,1-2H3;3-10,17-20H,11-12H2,1-2H3;3H2,1-2H3;3H,2H2,1H3;1H4/t17?,21-,22+,23+;19-,20-;18-,19-;17-,18-;;;/m0111.../s1. The first kappa shape index (κ1) is 115. The minimum atomic E-state index is -4.13. The highest BCUT2D eigenvalue weighted by Crippen LogP contribution is 2.33. The normalized spacial score (nSPS) is 18.2. The number of hydrogen-bond donors (Lipinski definition) is 6. The highest BCUT2D eigenvalue weighted by molar-refractivity contribution is 7.90. The lowest BCUT2D eigenvalue weighted by atomic mass is 9.98. The summed E-state index contributed by atoms with van der Waals surface area (Å²) < 4.78 is 240. The van der Waals surface area contributed by atoms with Crippen molar-refractivity contribution < 1.29 is 133 Å². The molecule has 33 nitrogen and oxygen atoms in total. The highest BCUT2D eigenvalue weighted by atomic mass is 35.5. The maximum atomic E-state index is 13.1. The van der Waals surface area contributed by atoms with Crippen LogP contribution >= 0.6 is 34.5 Å². The summed E-state index contributed by atoms with van der Waals surface area (Å²) in [4.78, 5) is 13.6. The fourth-order valence-corrected chi connectivity index (χ4v) is 20.5. The Morgan fingerprint density at radius 2 is 0.769 bits per heavy atom. The second kappa shape index (κ2) is 53.2. The topological polar surface area (TPSA) is 464 Å². The Labute approximate surface area is 802 Å². The average molecular weight is 2060 g/mol. The molecule has 8 aromatic carbocycles. The van der Waals surface area contributed by atoms with Gasteiger partial charge in [0.2, 0.25) is 10.0 Å². The number of fused-ring (bicyclic) bond motifs is 1. The van der Waals surface area contributed by atoms with Gasteiger partial charge >= 0.3 is 0 Å². The number of aliphatic hydroxyl groups excluding tert-OH is 3. The third-order valence-electron chi connectivity index (χ3n) is 19.5. The number of carbonyl (C=O) groups excluding carboxylic acids is 1. The molecule has 43 heteroatoms. The third-order valence-corrected chi connectivity index (χ3v) is 30.5. The van der Waals surface area contributed by atoms with Crippen molar-refractivity contribution in [2.75, 3.05) is 72.9 Å². The summed E-state index contributed by atoms with van der Waals surface area (Å²) in [6, 6.07) is 50.6. The number of amides is 1. The molecule has 6 N–H and O–H groups in total. The zero-order chi connectivity index (χ0) is 98.5. The van der Waals surface area contributed by atoms with E-state index in [2.05, 4.69) is 43.1 Å². The number of ether oxygens (including phenoxy) is 6. The Bertz CT molecular complexity index is 5740. The fourth-order valence-electron chi connectivity index (χ4n) is 12.2. The predicted molar refractivity (Wildman–Crippen MR) is 508 cm³/mol. The van der Waals surface area contributed by atoms with E-state index in [9.17, 15) is 73.9 Å². The molecule has 742 valence electrons. The van der Waals surface area contributed by atoms with Crippen LogP contribution in [0.15, 0.2) is 228 Å². The Morgan fingerprint density at radius 3 is 1.10 bits per heavy atom. The Kier molecular flexibility index (Phi) is 45.9. The third kappa shape index (κ3) is 36.8. The summed E-state index contributed by atoms with van der Waals surface area (Å²) in [5, 5.41) is 35.4. The van der Waals surface area contributed by atoms with Crippen LogP contribution < -0.4 is 15.4 Å². The maximum Gasteiger partial charge on any atom is 0.297 e. The molecule has 4 heterocycles. The van der Waals surface area contributed by atoms with E-state index < -0.39 is 132 Å². The summed E-state index contributed by atoms with van der Waals surface area (Å²) in [5.74, 6) is -0.775. The van der Waals surface area contributed by atoms with Gasteiger partial charge in [-0.05, 0) is 190 Å². The second-order valence-electron chi connectivity index (χ2n) is 31.7. The van der Waals surface area contributed by atoms with Gasteiger partial charge < -0.3 is 54.4 Å². The van der Waals surface area contributed by atoms with Crippen LogP contribution in [0.4, 0.5) is 0 Å². The molecule has 10 atom stereocenters. The summed E-state index contributed by atoms with van der Waals surface area (Å²) >= 11 is 13.5. The van der Waals surface area contributed by atoms with E-state index in [1.165, 1.54) is 109 Å². The van der Waals surface area contributed by atoms with Crippen LogP contribution in [0.25, 0.3) is 10.1 Å². The molecule has 3 aliphatic heterocycles. The van der Waals surface area contributed by atoms with Crippen LogP contribution in [-0.4, -0.2) is 220 Å². The molecule has 0 spiro atoms. The van der Waals surface area contributed by atoms with Gasteiger partial charge in [-0.2, -0.15) is 50.5 Å². The molecule has 1 aromatic heterocycles. The molecule has 0 radical (unpaired) electrons. The molecule has 3 saturated heterocycles. The van der Waals surface area contributed by atoms with E-state index >= 15 is 0 Å². The first-order valence-electron chi connectivity index (χ1n) is 42.0.